The van der Waals surface area contributed by atoms with Crippen molar-refractivity contribution in [2.45, 2.75) is 13.5 Å². The average molecular weight is 170 g/mol. The van der Waals surface area contributed by atoms with E-state index in [1.54, 1.807) is 0 Å². The Balaban J connectivity index is 2.30. The van der Waals surface area contributed by atoms with Crippen molar-refractivity contribution in [3.63, 3.8) is 0 Å². The molecule has 0 saturated heterocycles. The van der Waals surface area contributed by atoms with Crippen LogP contribution in [-0.2, 0) is 6.54 Å². The zero-order chi connectivity index (χ0) is 8.84. The van der Waals surface area contributed by atoms with Gasteiger partial charge in [0, 0.05) is 5.56 Å². The Kier molecular flexibility index (Phi) is 1.18. The summed E-state index contributed by atoms with van der Waals surface area (Å²) in [5.41, 5.74) is 5.07. The Morgan fingerprint density at radius 1 is 1.31 bits per heavy atom. The number of hydrogen-bond acceptors (Lipinski definition) is 1. The highest BCUT2D eigenvalue weighted by Crippen LogP contribution is 2.31. The number of benzene rings is 1. The fourth-order valence-corrected chi connectivity index (χ4v) is 1.95. The molecule has 0 aliphatic carbocycles. The molecular formula is C11H10N2. The van der Waals surface area contributed by atoms with Crippen LogP contribution < -0.4 is 0 Å². The molecule has 0 spiro atoms. The average Bonchev–Trinajstić information content (AvgIpc) is 2.60. The second-order valence-electron chi connectivity index (χ2n) is 3.49. The summed E-state index contributed by atoms with van der Waals surface area (Å²) in [7, 11) is 0. The first-order valence-electron chi connectivity index (χ1n) is 4.47. The van der Waals surface area contributed by atoms with Crippen LogP contribution in [0.4, 0.5) is 0 Å². The molecule has 2 heterocycles. The second kappa shape index (κ2) is 2.22. The van der Waals surface area contributed by atoms with Crippen LogP contribution in [0.3, 0.4) is 0 Å². The molecule has 2 aromatic rings. The van der Waals surface area contributed by atoms with Gasteiger partial charge in [-0.1, -0.05) is 24.3 Å². The van der Waals surface area contributed by atoms with Crippen molar-refractivity contribution in [3.8, 4) is 11.3 Å². The molecule has 1 aromatic heterocycles. The Labute approximate surface area is 76.8 Å². The highest BCUT2D eigenvalue weighted by molar-refractivity contribution is 5.67. The molecule has 1 aliphatic heterocycles. The first kappa shape index (κ1) is 6.89. The molecule has 2 heteroatoms. The summed E-state index contributed by atoms with van der Waals surface area (Å²) in [5.74, 6) is 0. The molecule has 0 atom stereocenters. The first-order valence-corrected chi connectivity index (χ1v) is 4.47. The minimum absolute atomic E-state index is 0.930. The van der Waals surface area contributed by atoms with Crippen LogP contribution in [0.2, 0.25) is 0 Å². The molecule has 0 unspecified atom stereocenters. The Hall–Kier alpha value is -1.57. The van der Waals surface area contributed by atoms with E-state index in [2.05, 4.69) is 40.1 Å². The maximum atomic E-state index is 4.42. The van der Waals surface area contributed by atoms with Gasteiger partial charge in [-0.15, -0.1) is 0 Å². The van der Waals surface area contributed by atoms with Crippen molar-refractivity contribution in [2.24, 2.45) is 0 Å². The molecule has 0 fully saturated rings. The van der Waals surface area contributed by atoms with Crippen molar-refractivity contribution in [2.75, 3.05) is 0 Å². The third-order valence-corrected chi connectivity index (χ3v) is 2.52. The van der Waals surface area contributed by atoms with E-state index in [9.17, 15) is 0 Å². The fourth-order valence-electron chi connectivity index (χ4n) is 1.95. The van der Waals surface area contributed by atoms with E-state index in [0.29, 0.717) is 0 Å². The molecule has 1 aliphatic rings. The van der Waals surface area contributed by atoms with E-state index in [0.717, 1.165) is 12.2 Å². The van der Waals surface area contributed by atoms with Gasteiger partial charge in [-0.3, -0.25) is 4.68 Å². The number of hydrogen-bond donors (Lipinski definition) is 0. The van der Waals surface area contributed by atoms with Crippen LogP contribution in [-0.4, -0.2) is 9.78 Å². The van der Waals surface area contributed by atoms with Gasteiger partial charge >= 0.3 is 0 Å². The van der Waals surface area contributed by atoms with E-state index in [-0.39, 0.29) is 0 Å². The minimum Gasteiger partial charge on any atom is -0.260 e. The molecule has 1 aromatic carbocycles. The largest absolute Gasteiger partial charge is 0.260 e. The molecular weight excluding hydrogens is 160 g/mol. The van der Waals surface area contributed by atoms with Gasteiger partial charge in [0.15, 0.2) is 0 Å². The minimum atomic E-state index is 0.930. The summed E-state index contributed by atoms with van der Waals surface area (Å²) in [6.45, 7) is 2.97. The maximum Gasteiger partial charge on any atom is 0.0692 e. The lowest BCUT2D eigenvalue weighted by atomic mass is 10.1. The molecule has 0 N–H and O–H groups in total. The standard InChI is InChI=1S/C11H10N2/c1-8-6-11-10-5-3-2-4-9(10)7-13(11)12-8/h2-6H,7H2,1H3. The maximum absolute atomic E-state index is 4.42. The van der Waals surface area contributed by atoms with Crippen LogP contribution in [0.5, 0.6) is 0 Å². The van der Waals surface area contributed by atoms with Crippen molar-refractivity contribution >= 4 is 0 Å². The SMILES string of the molecule is Cc1cc2n(n1)Cc1ccccc1-2. The van der Waals surface area contributed by atoms with E-state index in [1.165, 1.54) is 16.8 Å². The highest BCUT2D eigenvalue weighted by Gasteiger charge is 2.18. The first-order chi connectivity index (χ1) is 6.34. The van der Waals surface area contributed by atoms with Crippen molar-refractivity contribution in [1.29, 1.82) is 0 Å². The number of aryl methyl sites for hydroxylation is 1. The highest BCUT2D eigenvalue weighted by atomic mass is 15.3. The van der Waals surface area contributed by atoms with Crippen LogP contribution in [0, 0.1) is 6.92 Å². The van der Waals surface area contributed by atoms with Gasteiger partial charge in [-0.05, 0) is 18.6 Å². The quantitative estimate of drug-likeness (QED) is 0.506. The molecule has 2 nitrogen and oxygen atoms in total. The van der Waals surface area contributed by atoms with Gasteiger partial charge in [-0.2, -0.15) is 5.10 Å². The number of fused-ring (bicyclic) bond motifs is 3. The van der Waals surface area contributed by atoms with Gasteiger partial charge in [0.25, 0.3) is 0 Å². The lowest BCUT2D eigenvalue weighted by Crippen LogP contribution is -1.94. The van der Waals surface area contributed by atoms with Gasteiger partial charge in [0.2, 0.25) is 0 Å². The molecule has 0 saturated carbocycles. The molecule has 0 bridgehead atoms. The zero-order valence-electron chi connectivity index (χ0n) is 7.49. The van der Waals surface area contributed by atoms with E-state index >= 15 is 0 Å². The number of nitrogens with zero attached hydrogens (tertiary/aromatic N) is 2. The van der Waals surface area contributed by atoms with E-state index in [1.807, 2.05) is 6.92 Å². The summed E-state index contributed by atoms with van der Waals surface area (Å²) in [5, 5.41) is 4.42. The van der Waals surface area contributed by atoms with Crippen molar-refractivity contribution in [3.05, 3.63) is 41.6 Å². The third kappa shape index (κ3) is 0.856. The molecule has 3 rings (SSSR count). The monoisotopic (exact) mass is 170 g/mol. The van der Waals surface area contributed by atoms with Crippen LogP contribution in [0.15, 0.2) is 30.3 Å². The zero-order valence-corrected chi connectivity index (χ0v) is 7.49. The molecule has 64 valence electrons. The summed E-state index contributed by atoms with van der Waals surface area (Å²) in [4.78, 5) is 0. The van der Waals surface area contributed by atoms with Gasteiger partial charge < -0.3 is 0 Å². The van der Waals surface area contributed by atoms with Gasteiger partial charge in [0.05, 0.1) is 17.9 Å². The lowest BCUT2D eigenvalue weighted by Gasteiger charge is -1.94. The van der Waals surface area contributed by atoms with E-state index < -0.39 is 0 Å². The third-order valence-electron chi connectivity index (χ3n) is 2.52. The van der Waals surface area contributed by atoms with Crippen LogP contribution >= 0.6 is 0 Å². The molecule has 0 radical (unpaired) electrons. The molecule has 0 amide bonds. The number of aromatic nitrogens is 2. The number of rotatable bonds is 0. The smallest absolute Gasteiger partial charge is 0.0692 e. The Morgan fingerprint density at radius 3 is 3.08 bits per heavy atom. The fraction of sp³-hybridized carbons (Fsp3) is 0.182. The predicted molar refractivity (Wildman–Crippen MR) is 51.5 cm³/mol. The van der Waals surface area contributed by atoms with Crippen LogP contribution in [0.25, 0.3) is 11.3 Å². The van der Waals surface area contributed by atoms with Gasteiger partial charge in [0.1, 0.15) is 0 Å². The Bertz CT molecular complexity index is 469. The normalized spacial score (nSPS) is 12.7. The predicted octanol–water partition coefficient (Wildman–Crippen LogP) is 2.22. The summed E-state index contributed by atoms with van der Waals surface area (Å²) >= 11 is 0. The Morgan fingerprint density at radius 2 is 2.15 bits per heavy atom. The summed E-state index contributed by atoms with van der Waals surface area (Å²) in [6, 6.07) is 10.6. The van der Waals surface area contributed by atoms with Crippen molar-refractivity contribution in [1.82, 2.24) is 9.78 Å². The summed E-state index contributed by atoms with van der Waals surface area (Å²) in [6.07, 6.45) is 0. The van der Waals surface area contributed by atoms with Crippen molar-refractivity contribution < 1.29 is 0 Å². The molecule has 13 heavy (non-hydrogen) atoms. The van der Waals surface area contributed by atoms with Gasteiger partial charge in [-0.25, -0.2) is 0 Å². The lowest BCUT2D eigenvalue weighted by molar-refractivity contribution is 0.711. The topological polar surface area (TPSA) is 17.8 Å². The summed E-state index contributed by atoms with van der Waals surface area (Å²) < 4.78 is 2.07. The van der Waals surface area contributed by atoms with Crippen LogP contribution in [0.1, 0.15) is 11.3 Å². The van der Waals surface area contributed by atoms with E-state index in [4.69, 9.17) is 0 Å². The second-order valence-corrected chi connectivity index (χ2v) is 3.49.